The molecular weight excluding hydrogens is 539 g/mol. The topological polar surface area (TPSA) is 72.8 Å². The lowest BCUT2D eigenvalue weighted by Crippen LogP contribution is -2.59. The molecule has 1 aliphatic heterocycles. The monoisotopic (exact) mass is 574 g/mol. The second-order valence-corrected chi connectivity index (χ2v) is 11.8. The normalized spacial score (nSPS) is 27.9. The van der Waals surface area contributed by atoms with Crippen LogP contribution in [0.1, 0.15) is 66.4 Å². The Morgan fingerprint density at radius 3 is 2.74 bits per heavy atom. The molecule has 2 aromatic rings. The van der Waals surface area contributed by atoms with Crippen LogP contribution in [-0.4, -0.2) is 51.8 Å². The van der Waals surface area contributed by atoms with E-state index in [0.29, 0.717) is 12.0 Å². The number of aliphatic hydroxyl groups is 1. The number of rotatable bonds is 4. The van der Waals surface area contributed by atoms with Crippen molar-refractivity contribution in [2.24, 2.45) is 5.92 Å². The number of hydrogen-bond donors (Lipinski definition) is 3. The minimum atomic E-state index is -0.759. The molecular formula is C28H35IN2O3. The molecule has 3 N–H and O–H groups in total. The van der Waals surface area contributed by atoms with Gasteiger partial charge in [0.25, 0.3) is 5.91 Å². The first-order valence-electron chi connectivity index (χ1n) is 12.7. The molecule has 2 aliphatic carbocycles. The van der Waals surface area contributed by atoms with Crippen molar-refractivity contribution < 1.29 is 15.0 Å². The summed E-state index contributed by atoms with van der Waals surface area (Å²) >= 11 is 2.23. The number of fused-ring (bicyclic) bond motifs is 2. The number of carbonyl (C=O) groups is 1. The van der Waals surface area contributed by atoms with E-state index in [0.717, 1.165) is 66.7 Å². The van der Waals surface area contributed by atoms with E-state index in [2.05, 4.69) is 32.8 Å². The maximum absolute atomic E-state index is 13.0. The van der Waals surface area contributed by atoms with Gasteiger partial charge in [-0.05, 0) is 134 Å². The molecule has 2 aromatic carbocycles. The fourth-order valence-corrected chi connectivity index (χ4v) is 6.45. The van der Waals surface area contributed by atoms with E-state index < -0.39 is 5.60 Å². The average molecular weight is 575 g/mol. The predicted octanol–water partition coefficient (Wildman–Crippen LogP) is 4.67. The van der Waals surface area contributed by atoms with Crippen molar-refractivity contribution in [3.8, 4) is 5.75 Å². The van der Waals surface area contributed by atoms with Gasteiger partial charge in [0.15, 0.2) is 0 Å². The van der Waals surface area contributed by atoms with Crippen molar-refractivity contribution in [2.45, 2.75) is 75.5 Å². The van der Waals surface area contributed by atoms with Crippen molar-refractivity contribution >= 4 is 28.5 Å². The quantitative estimate of drug-likeness (QED) is 0.465. The molecule has 34 heavy (non-hydrogen) atoms. The summed E-state index contributed by atoms with van der Waals surface area (Å²) in [6.07, 6.45) is 8.30. The molecule has 1 saturated heterocycles. The van der Waals surface area contributed by atoms with E-state index >= 15 is 0 Å². The number of carbonyl (C=O) groups excluding carboxylic acids is 1. The standard InChI is InChI=1S/C28H35IN2O3/c29-23-4-1-3-22(15-23)27(33)30-24-9-7-20-16-25(32)10-8-21(20)17-26-28(34,13-11-24)12-2-14-31(26)18-19-5-6-19/h1,3-4,8,10,15-16,19,24,26,32,34H,2,5-7,9,11-14,17-18H2,(H,30,33)/t24-,26?,28+/m0/s1. The van der Waals surface area contributed by atoms with Crippen LogP contribution in [0, 0.1) is 9.49 Å². The number of likely N-dealkylation sites (tertiary alicyclic amines) is 1. The number of hydrogen-bond acceptors (Lipinski definition) is 4. The van der Waals surface area contributed by atoms with Gasteiger partial charge in [0.05, 0.1) is 5.60 Å². The van der Waals surface area contributed by atoms with Crippen LogP contribution in [-0.2, 0) is 12.8 Å². The summed E-state index contributed by atoms with van der Waals surface area (Å²) in [5.74, 6) is 1.00. The van der Waals surface area contributed by atoms with Crippen molar-refractivity contribution in [2.75, 3.05) is 13.1 Å². The Bertz CT molecular complexity index is 1040. The fourth-order valence-electron chi connectivity index (χ4n) is 5.91. The third kappa shape index (κ3) is 5.60. The molecule has 0 aromatic heterocycles. The number of amides is 1. The van der Waals surface area contributed by atoms with Gasteiger partial charge in [-0.25, -0.2) is 0 Å². The summed E-state index contributed by atoms with van der Waals surface area (Å²) in [6, 6.07) is 13.4. The smallest absolute Gasteiger partial charge is 0.251 e. The Balaban J connectivity index is 1.42. The lowest BCUT2D eigenvalue weighted by atomic mass is 9.75. The molecule has 182 valence electrons. The van der Waals surface area contributed by atoms with E-state index in [1.165, 1.54) is 18.4 Å². The van der Waals surface area contributed by atoms with Crippen LogP contribution in [0.5, 0.6) is 5.75 Å². The molecule has 3 atom stereocenters. The lowest BCUT2D eigenvalue weighted by molar-refractivity contribution is -0.0895. The van der Waals surface area contributed by atoms with Crippen LogP contribution in [0.4, 0.5) is 0 Å². The first kappa shape index (κ1) is 24.1. The number of phenols is 1. The van der Waals surface area contributed by atoms with E-state index in [4.69, 9.17) is 0 Å². The van der Waals surface area contributed by atoms with E-state index in [-0.39, 0.29) is 23.7 Å². The first-order chi connectivity index (χ1) is 16.4. The molecule has 0 bridgehead atoms. The van der Waals surface area contributed by atoms with Gasteiger partial charge in [0.1, 0.15) is 5.75 Å². The second kappa shape index (κ2) is 10.2. The van der Waals surface area contributed by atoms with Crippen molar-refractivity contribution in [1.82, 2.24) is 10.2 Å². The van der Waals surface area contributed by atoms with Gasteiger partial charge >= 0.3 is 0 Å². The Morgan fingerprint density at radius 2 is 1.94 bits per heavy atom. The van der Waals surface area contributed by atoms with Crippen LogP contribution in [0.25, 0.3) is 0 Å². The molecule has 2 fully saturated rings. The maximum atomic E-state index is 13.0. The highest BCUT2D eigenvalue weighted by atomic mass is 127. The number of phenolic OH excluding ortho intramolecular Hbond substituents is 1. The summed E-state index contributed by atoms with van der Waals surface area (Å²) in [5, 5.41) is 25.5. The SMILES string of the molecule is O=C(N[C@H]1CCc2cc(O)ccc2CC2N(CC3CC3)CCC[C@@]2(O)CC1)c1cccc(I)c1. The Morgan fingerprint density at radius 1 is 1.09 bits per heavy atom. The Kier molecular flexibility index (Phi) is 7.19. The van der Waals surface area contributed by atoms with E-state index in [1.54, 1.807) is 6.07 Å². The Labute approximate surface area is 216 Å². The maximum Gasteiger partial charge on any atom is 0.251 e. The zero-order valence-corrected chi connectivity index (χ0v) is 21.8. The molecule has 0 radical (unpaired) electrons. The largest absolute Gasteiger partial charge is 0.508 e. The van der Waals surface area contributed by atoms with Crippen LogP contribution >= 0.6 is 22.6 Å². The highest BCUT2D eigenvalue weighted by molar-refractivity contribution is 14.1. The molecule has 1 unspecified atom stereocenters. The number of nitrogens with zero attached hydrogens (tertiary/aromatic N) is 1. The molecule has 1 amide bonds. The molecule has 0 spiro atoms. The summed E-state index contributed by atoms with van der Waals surface area (Å²) in [7, 11) is 0. The second-order valence-electron chi connectivity index (χ2n) is 10.6. The van der Waals surface area contributed by atoms with E-state index in [9.17, 15) is 15.0 Å². The molecule has 5 nitrogen and oxygen atoms in total. The number of benzene rings is 2. The Hall–Kier alpha value is -1.64. The van der Waals surface area contributed by atoms with Crippen LogP contribution in [0.2, 0.25) is 0 Å². The summed E-state index contributed by atoms with van der Waals surface area (Å²) < 4.78 is 1.04. The van der Waals surface area contributed by atoms with Gasteiger partial charge in [-0.3, -0.25) is 9.69 Å². The van der Waals surface area contributed by atoms with Gasteiger partial charge in [-0.15, -0.1) is 0 Å². The van der Waals surface area contributed by atoms with Crippen LogP contribution in [0.3, 0.4) is 0 Å². The summed E-state index contributed by atoms with van der Waals surface area (Å²) in [5.41, 5.74) is 2.26. The highest BCUT2D eigenvalue weighted by Gasteiger charge is 2.45. The number of aromatic hydroxyl groups is 1. The zero-order chi connectivity index (χ0) is 23.7. The van der Waals surface area contributed by atoms with Crippen molar-refractivity contribution in [3.05, 3.63) is 62.7 Å². The predicted molar refractivity (Wildman–Crippen MR) is 142 cm³/mol. The van der Waals surface area contributed by atoms with Gasteiger partial charge in [-0.1, -0.05) is 12.1 Å². The third-order valence-corrected chi connectivity index (χ3v) is 8.69. The molecule has 5 rings (SSSR count). The van der Waals surface area contributed by atoms with Gasteiger partial charge in [-0.2, -0.15) is 0 Å². The van der Waals surface area contributed by atoms with Gasteiger partial charge < -0.3 is 15.5 Å². The summed E-state index contributed by atoms with van der Waals surface area (Å²) in [6.45, 7) is 2.12. The molecule has 1 heterocycles. The average Bonchev–Trinajstić information content (AvgIpc) is 3.63. The van der Waals surface area contributed by atoms with Gasteiger partial charge in [0.2, 0.25) is 0 Å². The minimum Gasteiger partial charge on any atom is -0.508 e. The third-order valence-electron chi connectivity index (χ3n) is 8.02. The lowest BCUT2D eigenvalue weighted by Gasteiger charge is -2.48. The van der Waals surface area contributed by atoms with Crippen LogP contribution in [0.15, 0.2) is 42.5 Å². The van der Waals surface area contributed by atoms with E-state index in [1.807, 2.05) is 36.4 Å². The number of aryl methyl sites for hydroxylation is 1. The molecule has 6 heteroatoms. The van der Waals surface area contributed by atoms with Crippen molar-refractivity contribution in [1.29, 1.82) is 0 Å². The summed E-state index contributed by atoms with van der Waals surface area (Å²) in [4.78, 5) is 15.6. The number of piperidine rings is 1. The van der Waals surface area contributed by atoms with Crippen molar-refractivity contribution in [3.63, 3.8) is 0 Å². The first-order valence-corrected chi connectivity index (χ1v) is 13.8. The number of halogens is 1. The zero-order valence-electron chi connectivity index (χ0n) is 19.7. The fraction of sp³-hybridized carbons (Fsp3) is 0.536. The minimum absolute atomic E-state index is 0.0258. The van der Waals surface area contributed by atoms with Gasteiger partial charge in [0, 0.05) is 27.8 Å². The van der Waals surface area contributed by atoms with Crippen LogP contribution < -0.4 is 5.32 Å². The number of nitrogens with one attached hydrogen (secondary N) is 1. The molecule has 1 saturated carbocycles. The molecule has 3 aliphatic rings. The highest BCUT2D eigenvalue weighted by Crippen LogP contribution is 2.39.